The molecule has 0 N–H and O–H groups in total. The van der Waals surface area contributed by atoms with Gasteiger partial charge in [0.05, 0.1) is 5.02 Å². The lowest BCUT2D eigenvalue weighted by Gasteiger charge is -2.13. The number of aromatic nitrogens is 1. The molecule has 0 aliphatic carbocycles. The van der Waals surface area contributed by atoms with Crippen molar-refractivity contribution in [1.82, 2.24) is 4.98 Å². The first-order chi connectivity index (χ1) is 11.0. The van der Waals surface area contributed by atoms with Crippen molar-refractivity contribution in [3.8, 4) is 5.75 Å². The van der Waals surface area contributed by atoms with Gasteiger partial charge in [0.25, 0.3) is 5.91 Å². The molecule has 7 heteroatoms. The Balaban J connectivity index is 1.71. The summed E-state index contributed by atoms with van der Waals surface area (Å²) in [4.78, 5) is 17.8. The molecule has 0 spiro atoms. The van der Waals surface area contributed by atoms with E-state index in [1.54, 1.807) is 31.3 Å². The predicted octanol–water partition coefficient (Wildman–Crippen LogP) is 4.18. The van der Waals surface area contributed by atoms with Gasteiger partial charge in [-0.3, -0.25) is 9.69 Å². The molecule has 118 valence electrons. The number of nitrogens with zero attached hydrogens (tertiary/aromatic N) is 2. The number of hydrogen-bond acceptors (Lipinski definition) is 4. The Morgan fingerprint density at radius 2 is 2.04 bits per heavy atom. The van der Waals surface area contributed by atoms with Gasteiger partial charge in [-0.2, -0.15) is 4.98 Å². The summed E-state index contributed by atoms with van der Waals surface area (Å²) < 4.78 is 11.0. The molecule has 0 saturated carbocycles. The number of amides is 1. The number of hydrogen-bond donors (Lipinski definition) is 0. The molecule has 0 aliphatic heterocycles. The fourth-order valence-electron chi connectivity index (χ4n) is 1.93. The van der Waals surface area contributed by atoms with E-state index in [4.69, 9.17) is 32.4 Å². The molecule has 2 aromatic carbocycles. The summed E-state index contributed by atoms with van der Waals surface area (Å²) in [5.74, 6) is 0.0195. The number of ether oxygens (including phenoxy) is 1. The molecule has 0 atom stereocenters. The summed E-state index contributed by atoms with van der Waals surface area (Å²) in [6.45, 7) is -0.213. The summed E-state index contributed by atoms with van der Waals surface area (Å²) in [5, 5.41) is 0.857. The number of para-hydroxylation sites is 2. The summed E-state index contributed by atoms with van der Waals surface area (Å²) in [6.07, 6.45) is 0. The fourth-order valence-corrected chi connectivity index (χ4v) is 2.27. The van der Waals surface area contributed by atoms with Crippen LogP contribution in [0.5, 0.6) is 5.75 Å². The van der Waals surface area contributed by atoms with Crippen molar-refractivity contribution in [2.24, 2.45) is 0 Å². The third kappa shape index (κ3) is 3.41. The van der Waals surface area contributed by atoms with Crippen molar-refractivity contribution < 1.29 is 13.9 Å². The van der Waals surface area contributed by atoms with Gasteiger partial charge in [0.15, 0.2) is 12.2 Å². The van der Waals surface area contributed by atoms with Crippen molar-refractivity contribution in [2.45, 2.75) is 0 Å². The Hall–Kier alpha value is -2.24. The highest BCUT2D eigenvalue weighted by molar-refractivity contribution is 6.34. The average Bonchev–Trinajstić information content (AvgIpc) is 2.98. The van der Waals surface area contributed by atoms with Crippen LogP contribution in [0, 0.1) is 0 Å². The molecular formula is C16H12Cl2N2O3. The highest BCUT2D eigenvalue weighted by atomic mass is 35.5. The maximum Gasteiger partial charge on any atom is 0.305 e. The normalized spacial score (nSPS) is 10.7. The summed E-state index contributed by atoms with van der Waals surface area (Å²) >= 11 is 11.9. The predicted molar refractivity (Wildman–Crippen MR) is 89.4 cm³/mol. The second-order valence-electron chi connectivity index (χ2n) is 4.78. The maximum absolute atomic E-state index is 12.2. The van der Waals surface area contributed by atoms with Crippen LogP contribution in [0.2, 0.25) is 10.0 Å². The van der Waals surface area contributed by atoms with E-state index in [-0.39, 0.29) is 18.5 Å². The Bertz CT molecular complexity index is 830. The van der Waals surface area contributed by atoms with Crippen LogP contribution in [-0.2, 0) is 4.79 Å². The number of carbonyl (C=O) groups excluding carboxylic acids is 1. The molecule has 3 aromatic rings. The van der Waals surface area contributed by atoms with E-state index in [9.17, 15) is 4.79 Å². The molecule has 5 nitrogen and oxygen atoms in total. The Morgan fingerprint density at radius 3 is 2.83 bits per heavy atom. The quantitative estimate of drug-likeness (QED) is 0.708. The van der Waals surface area contributed by atoms with Crippen molar-refractivity contribution in [2.75, 3.05) is 18.6 Å². The van der Waals surface area contributed by atoms with E-state index < -0.39 is 0 Å². The minimum atomic E-state index is -0.326. The van der Waals surface area contributed by atoms with Crippen molar-refractivity contribution in [3.63, 3.8) is 0 Å². The maximum atomic E-state index is 12.2. The van der Waals surface area contributed by atoms with Gasteiger partial charge >= 0.3 is 6.01 Å². The third-order valence-corrected chi connectivity index (χ3v) is 3.74. The number of anilines is 1. The van der Waals surface area contributed by atoms with Crippen LogP contribution >= 0.6 is 23.2 Å². The van der Waals surface area contributed by atoms with Gasteiger partial charge in [0, 0.05) is 18.1 Å². The number of rotatable bonds is 4. The highest BCUT2D eigenvalue weighted by Gasteiger charge is 2.18. The second-order valence-corrected chi connectivity index (χ2v) is 5.62. The van der Waals surface area contributed by atoms with Gasteiger partial charge in [0.1, 0.15) is 11.3 Å². The van der Waals surface area contributed by atoms with Crippen LogP contribution in [0.15, 0.2) is 46.9 Å². The van der Waals surface area contributed by atoms with Gasteiger partial charge in [0.2, 0.25) is 0 Å². The molecule has 0 fully saturated rings. The van der Waals surface area contributed by atoms with Crippen LogP contribution in [0.4, 0.5) is 6.01 Å². The van der Waals surface area contributed by atoms with Crippen molar-refractivity contribution in [1.29, 1.82) is 0 Å². The standard InChI is InChI=1S/C16H12Cl2N2O3/c1-20(16-19-12-4-2-3-5-13(12)23-16)15(21)9-22-14-8-10(17)6-7-11(14)18/h2-8H,9H2,1H3. The lowest BCUT2D eigenvalue weighted by Crippen LogP contribution is -2.31. The minimum absolute atomic E-state index is 0.206. The van der Waals surface area contributed by atoms with Gasteiger partial charge < -0.3 is 9.15 Å². The summed E-state index contributed by atoms with van der Waals surface area (Å²) in [5.41, 5.74) is 1.29. The fraction of sp³-hybridized carbons (Fsp3) is 0.125. The largest absolute Gasteiger partial charge is 0.482 e. The number of carbonyl (C=O) groups is 1. The van der Waals surface area contributed by atoms with E-state index in [2.05, 4.69) is 4.98 Å². The zero-order valence-corrected chi connectivity index (χ0v) is 13.6. The number of oxazole rings is 1. The van der Waals surface area contributed by atoms with Gasteiger partial charge in [-0.25, -0.2) is 0 Å². The number of benzene rings is 2. The third-order valence-electron chi connectivity index (χ3n) is 3.19. The summed E-state index contributed by atoms with van der Waals surface area (Å²) in [6, 6.07) is 12.3. The minimum Gasteiger partial charge on any atom is -0.482 e. The topological polar surface area (TPSA) is 55.6 Å². The highest BCUT2D eigenvalue weighted by Crippen LogP contribution is 2.28. The van der Waals surface area contributed by atoms with E-state index in [1.165, 1.54) is 4.90 Å². The van der Waals surface area contributed by atoms with Gasteiger partial charge in [-0.05, 0) is 24.3 Å². The number of halogens is 2. The molecule has 0 aliphatic rings. The Kier molecular flexibility index (Phi) is 4.41. The van der Waals surface area contributed by atoms with Crippen molar-refractivity contribution >= 4 is 46.2 Å². The van der Waals surface area contributed by atoms with Crippen LogP contribution in [0.25, 0.3) is 11.1 Å². The molecule has 0 bridgehead atoms. The van der Waals surface area contributed by atoms with E-state index >= 15 is 0 Å². The average molecular weight is 351 g/mol. The lowest BCUT2D eigenvalue weighted by atomic mass is 10.3. The Labute approximate surface area is 142 Å². The van der Waals surface area contributed by atoms with Crippen LogP contribution in [0.1, 0.15) is 0 Å². The molecule has 1 aromatic heterocycles. The first-order valence-electron chi connectivity index (χ1n) is 6.74. The van der Waals surface area contributed by atoms with Crippen LogP contribution in [0.3, 0.4) is 0 Å². The molecule has 0 saturated heterocycles. The monoisotopic (exact) mass is 350 g/mol. The van der Waals surface area contributed by atoms with Crippen LogP contribution in [-0.4, -0.2) is 24.5 Å². The molecule has 1 heterocycles. The smallest absolute Gasteiger partial charge is 0.305 e. The van der Waals surface area contributed by atoms with E-state index in [1.807, 2.05) is 18.2 Å². The Morgan fingerprint density at radius 1 is 1.26 bits per heavy atom. The van der Waals surface area contributed by atoms with E-state index in [0.717, 1.165) is 0 Å². The molecule has 0 radical (unpaired) electrons. The van der Waals surface area contributed by atoms with E-state index in [0.29, 0.717) is 26.9 Å². The number of fused-ring (bicyclic) bond motifs is 1. The zero-order chi connectivity index (χ0) is 16.4. The van der Waals surface area contributed by atoms with Crippen LogP contribution < -0.4 is 9.64 Å². The zero-order valence-electron chi connectivity index (χ0n) is 12.1. The number of likely N-dealkylation sites (N-methyl/N-ethyl adjacent to an activating group) is 1. The lowest BCUT2D eigenvalue weighted by molar-refractivity contribution is -0.120. The molecule has 3 rings (SSSR count). The second kappa shape index (κ2) is 6.48. The molecular weight excluding hydrogens is 339 g/mol. The summed E-state index contributed by atoms with van der Waals surface area (Å²) in [7, 11) is 1.57. The van der Waals surface area contributed by atoms with Gasteiger partial charge in [-0.15, -0.1) is 0 Å². The molecule has 1 amide bonds. The SMILES string of the molecule is CN(C(=O)COc1cc(Cl)ccc1Cl)c1nc2ccccc2o1. The molecule has 23 heavy (non-hydrogen) atoms. The first kappa shape index (κ1) is 15.6. The first-order valence-corrected chi connectivity index (χ1v) is 7.50. The van der Waals surface area contributed by atoms with Crippen molar-refractivity contribution in [3.05, 3.63) is 52.5 Å². The molecule has 0 unspecified atom stereocenters. The van der Waals surface area contributed by atoms with Gasteiger partial charge in [-0.1, -0.05) is 35.3 Å².